The second-order valence-corrected chi connectivity index (χ2v) is 5.63. The Morgan fingerprint density at radius 1 is 0.840 bits per heavy atom. The van der Waals surface area contributed by atoms with E-state index in [9.17, 15) is 0 Å². The van der Waals surface area contributed by atoms with E-state index in [2.05, 4.69) is 9.97 Å². The van der Waals surface area contributed by atoms with Crippen LogP contribution in [0.5, 0.6) is 5.75 Å². The maximum Gasteiger partial charge on any atom is 0.140 e. The van der Waals surface area contributed by atoms with Crippen LogP contribution in [0.2, 0.25) is 0 Å². The molecule has 0 radical (unpaired) electrons. The molecule has 0 unspecified atom stereocenters. The summed E-state index contributed by atoms with van der Waals surface area (Å²) in [5.74, 6) is 0.297. The molecule has 0 aliphatic carbocycles. The Morgan fingerprint density at radius 3 is 2.52 bits per heavy atom. The van der Waals surface area contributed by atoms with Gasteiger partial charge in [0.15, 0.2) is 0 Å². The van der Waals surface area contributed by atoms with Crippen molar-refractivity contribution in [2.45, 2.75) is 0 Å². The van der Waals surface area contributed by atoms with E-state index in [0.29, 0.717) is 28.1 Å². The highest BCUT2D eigenvalue weighted by Crippen LogP contribution is 2.39. The second kappa shape index (κ2) is 6.32. The van der Waals surface area contributed by atoms with Gasteiger partial charge in [-0.25, -0.2) is 4.39 Å². The van der Waals surface area contributed by atoms with Crippen molar-refractivity contribution in [3.05, 3.63) is 79.0 Å². The van der Waals surface area contributed by atoms with Gasteiger partial charge in [0.1, 0.15) is 11.6 Å². The number of halogens is 1. The molecule has 2 heterocycles. The maximum atomic E-state index is 15.2. The molecule has 3 nitrogen and oxygen atoms in total. The normalized spacial score (nSPS) is 10.8. The first-order valence-electron chi connectivity index (χ1n) is 7.90. The standard InChI is InChI=1S/C21H15FN2O/c1-25-21-16(9-8-14-10-12-23-13-18(14)21)15-5-4-6-17(20(15)22)19-7-2-3-11-24-19/h2-13H,1H3. The van der Waals surface area contributed by atoms with Gasteiger partial charge in [0, 0.05) is 40.7 Å². The molecule has 122 valence electrons. The summed E-state index contributed by atoms with van der Waals surface area (Å²) in [6, 6.07) is 16.5. The monoisotopic (exact) mass is 330 g/mol. The lowest BCUT2D eigenvalue weighted by atomic mass is 9.97. The average Bonchev–Trinajstić information content (AvgIpc) is 2.68. The highest BCUT2D eigenvalue weighted by Gasteiger charge is 2.17. The molecule has 0 amide bonds. The van der Waals surface area contributed by atoms with Gasteiger partial charge in [-0.1, -0.05) is 24.3 Å². The van der Waals surface area contributed by atoms with Crippen molar-refractivity contribution in [3.8, 4) is 28.1 Å². The van der Waals surface area contributed by atoms with Crippen molar-refractivity contribution in [3.63, 3.8) is 0 Å². The number of pyridine rings is 2. The Bertz CT molecular complexity index is 1050. The number of ether oxygens (including phenoxy) is 1. The Balaban J connectivity index is 1.96. The summed E-state index contributed by atoms with van der Waals surface area (Å²) in [7, 11) is 1.59. The molecule has 4 heteroatoms. The topological polar surface area (TPSA) is 35.0 Å². The van der Waals surface area contributed by atoms with E-state index in [1.54, 1.807) is 43.9 Å². The summed E-state index contributed by atoms with van der Waals surface area (Å²) < 4.78 is 20.8. The van der Waals surface area contributed by atoms with Crippen LogP contribution in [0.1, 0.15) is 0 Å². The van der Waals surface area contributed by atoms with Crippen LogP contribution in [0.3, 0.4) is 0 Å². The smallest absolute Gasteiger partial charge is 0.140 e. The lowest BCUT2D eigenvalue weighted by Crippen LogP contribution is -1.95. The van der Waals surface area contributed by atoms with Gasteiger partial charge in [-0.2, -0.15) is 0 Å². The van der Waals surface area contributed by atoms with Crippen LogP contribution < -0.4 is 4.74 Å². The van der Waals surface area contributed by atoms with Crippen LogP contribution in [0.25, 0.3) is 33.2 Å². The van der Waals surface area contributed by atoms with E-state index in [1.807, 2.05) is 36.4 Å². The summed E-state index contributed by atoms with van der Waals surface area (Å²) in [6.45, 7) is 0. The number of aromatic nitrogens is 2. The molecule has 4 rings (SSSR count). The first kappa shape index (κ1) is 15.3. The third kappa shape index (κ3) is 2.62. The molecule has 0 aliphatic heterocycles. The minimum atomic E-state index is -0.317. The van der Waals surface area contributed by atoms with Gasteiger partial charge in [0.05, 0.1) is 12.8 Å². The van der Waals surface area contributed by atoms with Gasteiger partial charge in [0.25, 0.3) is 0 Å². The zero-order valence-corrected chi connectivity index (χ0v) is 13.6. The SMILES string of the molecule is COc1c(-c2cccc(-c3ccccn3)c2F)ccc2ccncc12. The van der Waals surface area contributed by atoms with Gasteiger partial charge >= 0.3 is 0 Å². The fourth-order valence-corrected chi connectivity index (χ4v) is 3.03. The molecule has 4 aromatic rings. The fraction of sp³-hybridized carbons (Fsp3) is 0.0476. The zero-order chi connectivity index (χ0) is 17.2. The van der Waals surface area contributed by atoms with E-state index in [1.165, 1.54) is 0 Å². The third-order valence-corrected chi connectivity index (χ3v) is 4.21. The van der Waals surface area contributed by atoms with E-state index < -0.39 is 0 Å². The molecule has 0 fully saturated rings. The number of nitrogens with zero attached hydrogens (tertiary/aromatic N) is 2. The summed E-state index contributed by atoms with van der Waals surface area (Å²) in [5.41, 5.74) is 2.23. The largest absolute Gasteiger partial charge is 0.495 e. The summed E-state index contributed by atoms with van der Waals surface area (Å²) >= 11 is 0. The van der Waals surface area contributed by atoms with E-state index >= 15 is 4.39 Å². The highest BCUT2D eigenvalue weighted by molar-refractivity contribution is 5.95. The van der Waals surface area contributed by atoms with Crippen LogP contribution in [0, 0.1) is 5.82 Å². The van der Waals surface area contributed by atoms with Gasteiger partial charge in [-0.15, -0.1) is 0 Å². The number of rotatable bonds is 3. The predicted octanol–water partition coefficient (Wildman–Crippen LogP) is 5.11. The molecule has 25 heavy (non-hydrogen) atoms. The Kier molecular flexibility index (Phi) is 3.86. The quantitative estimate of drug-likeness (QED) is 0.523. The summed E-state index contributed by atoms with van der Waals surface area (Å²) in [5, 5.41) is 1.85. The lowest BCUT2D eigenvalue weighted by molar-refractivity contribution is 0.421. The number of fused-ring (bicyclic) bond motifs is 1. The molecule has 0 aliphatic rings. The highest BCUT2D eigenvalue weighted by atomic mass is 19.1. The van der Waals surface area contributed by atoms with Crippen molar-refractivity contribution >= 4 is 10.8 Å². The van der Waals surface area contributed by atoms with Crippen LogP contribution in [-0.4, -0.2) is 17.1 Å². The molecule has 0 atom stereocenters. The fourth-order valence-electron chi connectivity index (χ4n) is 3.03. The van der Waals surface area contributed by atoms with Crippen LogP contribution in [0.4, 0.5) is 4.39 Å². The lowest BCUT2D eigenvalue weighted by Gasteiger charge is -2.14. The Labute approximate surface area is 144 Å². The van der Waals surface area contributed by atoms with Gasteiger partial charge < -0.3 is 4.74 Å². The van der Waals surface area contributed by atoms with E-state index in [4.69, 9.17) is 4.74 Å². The molecular formula is C21H15FN2O. The van der Waals surface area contributed by atoms with Crippen molar-refractivity contribution in [1.29, 1.82) is 0 Å². The zero-order valence-electron chi connectivity index (χ0n) is 13.6. The molecule has 0 spiro atoms. The van der Waals surface area contributed by atoms with E-state index in [0.717, 1.165) is 10.8 Å². The van der Waals surface area contributed by atoms with Crippen LogP contribution >= 0.6 is 0 Å². The second-order valence-electron chi connectivity index (χ2n) is 5.63. The third-order valence-electron chi connectivity index (χ3n) is 4.21. The number of methoxy groups -OCH3 is 1. The van der Waals surface area contributed by atoms with E-state index in [-0.39, 0.29) is 5.82 Å². The molecule has 0 saturated carbocycles. The first-order chi connectivity index (χ1) is 12.3. The van der Waals surface area contributed by atoms with Crippen molar-refractivity contribution in [2.75, 3.05) is 7.11 Å². The predicted molar refractivity (Wildman–Crippen MR) is 96.9 cm³/mol. The molecular weight excluding hydrogens is 315 g/mol. The molecule has 0 saturated heterocycles. The summed E-state index contributed by atoms with van der Waals surface area (Å²) in [6.07, 6.45) is 5.12. The Morgan fingerprint density at radius 2 is 1.72 bits per heavy atom. The molecule has 0 bridgehead atoms. The Hall–Kier alpha value is -3.27. The number of hydrogen-bond acceptors (Lipinski definition) is 3. The molecule has 2 aromatic heterocycles. The molecule has 2 aromatic carbocycles. The molecule has 0 N–H and O–H groups in total. The minimum absolute atomic E-state index is 0.317. The number of hydrogen-bond donors (Lipinski definition) is 0. The average molecular weight is 330 g/mol. The first-order valence-corrected chi connectivity index (χ1v) is 7.90. The van der Waals surface area contributed by atoms with Crippen molar-refractivity contribution in [2.24, 2.45) is 0 Å². The number of benzene rings is 2. The van der Waals surface area contributed by atoms with Crippen LogP contribution in [-0.2, 0) is 0 Å². The van der Waals surface area contributed by atoms with Gasteiger partial charge in [0.2, 0.25) is 0 Å². The van der Waals surface area contributed by atoms with Crippen molar-refractivity contribution in [1.82, 2.24) is 9.97 Å². The van der Waals surface area contributed by atoms with Gasteiger partial charge in [-0.3, -0.25) is 9.97 Å². The van der Waals surface area contributed by atoms with Gasteiger partial charge in [-0.05, 0) is 35.7 Å². The minimum Gasteiger partial charge on any atom is -0.495 e. The maximum absolute atomic E-state index is 15.2. The van der Waals surface area contributed by atoms with Crippen molar-refractivity contribution < 1.29 is 9.13 Å². The summed E-state index contributed by atoms with van der Waals surface area (Å²) in [4.78, 5) is 8.42. The van der Waals surface area contributed by atoms with Crippen LogP contribution in [0.15, 0.2) is 73.2 Å².